The highest BCUT2D eigenvalue weighted by Gasteiger charge is 2.16. The number of benzene rings is 1. The number of hydrogen-bond donors (Lipinski definition) is 2. The lowest BCUT2D eigenvalue weighted by atomic mass is 9.96. The Hall–Kier alpha value is -1.95. The van der Waals surface area contributed by atoms with Crippen LogP contribution in [-0.2, 0) is 11.3 Å². The maximum Gasteiger partial charge on any atom is 0.269 e. The first-order valence-corrected chi connectivity index (χ1v) is 6.86. The van der Waals surface area contributed by atoms with E-state index in [1.54, 1.807) is 12.1 Å². The quantitative estimate of drug-likeness (QED) is 0.632. The van der Waals surface area contributed by atoms with Crippen LogP contribution in [0.15, 0.2) is 24.3 Å². The van der Waals surface area contributed by atoms with Crippen molar-refractivity contribution in [3.8, 4) is 0 Å². The summed E-state index contributed by atoms with van der Waals surface area (Å²) in [4.78, 5) is 22.1. The fourth-order valence-electron chi connectivity index (χ4n) is 2.41. The topological polar surface area (TPSA) is 84.3 Å². The number of rotatable bonds is 5. The third-order valence-electron chi connectivity index (χ3n) is 3.48. The molecule has 1 fully saturated rings. The van der Waals surface area contributed by atoms with Gasteiger partial charge in [-0.05, 0) is 37.4 Å². The van der Waals surface area contributed by atoms with Crippen molar-refractivity contribution in [3.05, 3.63) is 39.9 Å². The van der Waals surface area contributed by atoms with Gasteiger partial charge in [0.25, 0.3) is 5.69 Å². The lowest BCUT2D eigenvalue weighted by molar-refractivity contribution is -0.384. The van der Waals surface area contributed by atoms with Gasteiger partial charge in [0.05, 0.1) is 4.92 Å². The number of nitrogens with one attached hydrogen (secondary N) is 2. The van der Waals surface area contributed by atoms with E-state index in [0.717, 1.165) is 31.5 Å². The Morgan fingerprint density at radius 2 is 2.35 bits per heavy atom. The average Bonchev–Trinajstić information content (AvgIpc) is 2.46. The predicted molar refractivity (Wildman–Crippen MR) is 75.2 cm³/mol. The number of nitro groups is 1. The van der Waals surface area contributed by atoms with E-state index in [2.05, 4.69) is 10.6 Å². The van der Waals surface area contributed by atoms with Crippen LogP contribution in [-0.4, -0.2) is 23.9 Å². The molecule has 20 heavy (non-hydrogen) atoms. The molecule has 1 aliphatic heterocycles. The number of amides is 1. The number of carbonyl (C=O) groups excluding carboxylic acids is 1. The Morgan fingerprint density at radius 1 is 1.50 bits per heavy atom. The van der Waals surface area contributed by atoms with Gasteiger partial charge in [-0.15, -0.1) is 0 Å². The number of nitrogens with zero attached hydrogens (tertiary/aromatic N) is 1. The lowest BCUT2D eigenvalue weighted by Gasteiger charge is -2.22. The molecule has 0 saturated carbocycles. The Labute approximate surface area is 117 Å². The Morgan fingerprint density at radius 3 is 3.05 bits per heavy atom. The second-order valence-electron chi connectivity index (χ2n) is 5.12. The summed E-state index contributed by atoms with van der Waals surface area (Å²) in [6.07, 6.45) is 2.71. The van der Waals surface area contributed by atoms with Crippen LogP contribution in [0.25, 0.3) is 0 Å². The summed E-state index contributed by atoms with van der Waals surface area (Å²) in [5.74, 6) is 0.402. The molecule has 1 amide bonds. The molecule has 6 nitrogen and oxygen atoms in total. The standard InChI is InChI=1S/C14H19N3O3/c18-14(8-12-4-2-6-15-9-12)16-10-11-3-1-5-13(7-11)17(19)20/h1,3,5,7,12,15H,2,4,6,8-10H2,(H,16,18). The van der Waals surface area contributed by atoms with Gasteiger partial charge in [-0.2, -0.15) is 0 Å². The van der Waals surface area contributed by atoms with Gasteiger partial charge in [0, 0.05) is 25.1 Å². The van der Waals surface area contributed by atoms with Crippen LogP contribution in [0.4, 0.5) is 5.69 Å². The smallest absolute Gasteiger partial charge is 0.269 e. The summed E-state index contributed by atoms with van der Waals surface area (Å²) in [5.41, 5.74) is 0.794. The number of nitro benzene ring substituents is 1. The minimum absolute atomic E-state index is 0.00482. The lowest BCUT2D eigenvalue weighted by Crippen LogP contribution is -2.34. The first-order chi connectivity index (χ1) is 9.65. The molecule has 0 radical (unpaired) electrons. The van der Waals surface area contributed by atoms with E-state index in [1.807, 2.05) is 0 Å². The predicted octanol–water partition coefficient (Wildman–Crippen LogP) is 1.60. The Bertz CT molecular complexity index is 484. The van der Waals surface area contributed by atoms with Crippen LogP contribution >= 0.6 is 0 Å². The molecule has 2 rings (SSSR count). The first-order valence-electron chi connectivity index (χ1n) is 6.86. The SMILES string of the molecule is O=C(CC1CCCNC1)NCc1cccc([N+](=O)[O-])c1. The number of carbonyl (C=O) groups is 1. The van der Waals surface area contributed by atoms with Gasteiger partial charge in [0.1, 0.15) is 0 Å². The molecular formula is C14H19N3O3. The minimum Gasteiger partial charge on any atom is -0.352 e. The molecule has 1 atom stereocenters. The van der Waals surface area contributed by atoms with Crippen LogP contribution in [0.2, 0.25) is 0 Å². The van der Waals surface area contributed by atoms with E-state index >= 15 is 0 Å². The van der Waals surface area contributed by atoms with Gasteiger partial charge in [-0.1, -0.05) is 12.1 Å². The highest BCUT2D eigenvalue weighted by Crippen LogP contribution is 2.15. The van der Waals surface area contributed by atoms with Crippen molar-refractivity contribution in [1.29, 1.82) is 0 Å². The molecular weight excluding hydrogens is 258 g/mol. The summed E-state index contributed by atoms with van der Waals surface area (Å²) >= 11 is 0. The van der Waals surface area contributed by atoms with Crippen LogP contribution < -0.4 is 10.6 Å². The van der Waals surface area contributed by atoms with E-state index in [0.29, 0.717) is 18.9 Å². The maximum atomic E-state index is 11.8. The molecule has 1 unspecified atom stereocenters. The van der Waals surface area contributed by atoms with E-state index in [-0.39, 0.29) is 11.6 Å². The number of hydrogen-bond acceptors (Lipinski definition) is 4. The van der Waals surface area contributed by atoms with Crippen molar-refractivity contribution in [2.24, 2.45) is 5.92 Å². The summed E-state index contributed by atoms with van der Waals surface area (Å²) < 4.78 is 0. The van der Waals surface area contributed by atoms with Gasteiger partial charge in [-0.3, -0.25) is 14.9 Å². The van der Waals surface area contributed by atoms with Gasteiger partial charge in [0.2, 0.25) is 5.91 Å². The van der Waals surface area contributed by atoms with Crippen molar-refractivity contribution < 1.29 is 9.72 Å². The van der Waals surface area contributed by atoms with Crippen molar-refractivity contribution in [3.63, 3.8) is 0 Å². The molecule has 108 valence electrons. The highest BCUT2D eigenvalue weighted by molar-refractivity contribution is 5.76. The summed E-state index contributed by atoms with van der Waals surface area (Å²) in [6, 6.07) is 6.33. The zero-order valence-corrected chi connectivity index (χ0v) is 11.3. The van der Waals surface area contributed by atoms with Gasteiger partial charge >= 0.3 is 0 Å². The Balaban J connectivity index is 1.80. The average molecular weight is 277 g/mol. The largest absolute Gasteiger partial charge is 0.352 e. The van der Waals surface area contributed by atoms with E-state index in [4.69, 9.17) is 0 Å². The van der Waals surface area contributed by atoms with Gasteiger partial charge in [0.15, 0.2) is 0 Å². The number of non-ortho nitro benzene ring substituents is 1. The van der Waals surface area contributed by atoms with Crippen LogP contribution in [0, 0.1) is 16.0 Å². The van der Waals surface area contributed by atoms with Gasteiger partial charge < -0.3 is 10.6 Å². The fraction of sp³-hybridized carbons (Fsp3) is 0.500. The van der Waals surface area contributed by atoms with E-state index in [9.17, 15) is 14.9 Å². The highest BCUT2D eigenvalue weighted by atomic mass is 16.6. The Kier molecular flexibility index (Phi) is 5.06. The zero-order valence-electron chi connectivity index (χ0n) is 11.3. The molecule has 0 bridgehead atoms. The molecule has 1 saturated heterocycles. The molecule has 0 aromatic heterocycles. The zero-order chi connectivity index (χ0) is 14.4. The van der Waals surface area contributed by atoms with Crippen molar-refractivity contribution >= 4 is 11.6 Å². The molecule has 0 aliphatic carbocycles. The second kappa shape index (κ2) is 7.00. The summed E-state index contributed by atoms with van der Waals surface area (Å²) in [7, 11) is 0. The molecule has 0 spiro atoms. The molecule has 1 heterocycles. The minimum atomic E-state index is -0.432. The third-order valence-corrected chi connectivity index (χ3v) is 3.48. The van der Waals surface area contributed by atoms with E-state index < -0.39 is 4.92 Å². The van der Waals surface area contributed by atoms with Crippen LogP contribution in [0.1, 0.15) is 24.8 Å². The molecule has 1 aliphatic rings. The second-order valence-corrected chi connectivity index (χ2v) is 5.12. The van der Waals surface area contributed by atoms with Crippen LogP contribution in [0.3, 0.4) is 0 Å². The number of piperidine rings is 1. The fourth-order valence-corrected chi connectivity index (χ4v) is 2.41. The molecule has 1 aromatic carbocycles. The summed E-state index contributed by atoms with van der Waals surface area (Å²) in [6.45, 7) is 2.26. The first kappa shape index (κ1) is 14.5. The molecule has 2 N–H and O–H groups in total. The monoisotopic (exact) mass is 277 g/mol. The normalized spacial score (nSPS) is 18.5. The third kappa shape index (κ3) is 4.31. The van der Waals surface area contributed by atoms with E-state index in [1.165, 1.54) is 12.1 Å². The van der Waals surface area contributed by atoms with Crippen molar-refractivity contribution in [2.75, 3.05) is 13.1 Å². The van der Waals surface area contributed by atoms with Crippen molar-refractivity contribution in [1.82, 2.24) is 10.6 Å². The molecule has 6 heteroatoms. The molecule has 1 aromatic rings. The van der Waals surface area contributed by atoms with Crippen molar-refractivity contribution in [2.45, 2.75) is 25.8 Å². The summed E-state index contributed by atoms with van der Waals surface area (Å²) in [5, 5.41) is 16.8. The van der Waals surface area contributed by atoms with Gasteiger partial charge in [-0.25, -0.2) is 0 Å². The van der Waals surface area contributed by atoms with Crippen LogP contribution in [0.5, 0.6) is 0 Å². The maximum absolute atomic E-state index is 11.8.